The van der Waals surface area contributed by atoms with Crippen LogP contribution >= 0.6 is 11.8 Å². The quantitative estimate of drug-likeness (QED) is 0.305. The Kier molecular flexibility index (Phi) is 11.3. The first kappa shape index (κ1) is 30.0. The van der Waals surface area contributed by atoms with Crippen LogP contribution < -0.4 is 5.32 Å². The molecule has 3 N–H and O–H groups in total. The monoisotopic (exact) mass is 556 g/mol. The number of aliphatic hydroxyl groups excluding tert-OH is 2. The van der Waals surface area contributed by atoms with E-state index in [0.29, 0.717) is 32.6 Å². The molecule has 2 aliphatic rings. The molecule has 1 saturated carbocycles. The van der Waals surface area contributed by atoms with Crippen molar-refractivity contribution in [1.29, 1.82) is 0 Å². The van der Waals surface area contributed by atoms with Gasteiger partial charge in [-0.25, -0.2) is 0 Å². The highest BCUT2D eigenvalue weighted by Gasteiger charge is 2.36. The van der Waals surface area contributed by atoms with E-state index in [1.807, 2.05) is 12.3 Å². The van der Waals surface area contributed by atoms with E-state index in [2.05, 4.69) is 60.6 Å². The highest BCUT2D eigenvalue weighted by atomic mass is 32.2. The van der Waals surface area contributed by atoms with E-state index in [4.69, 9.17) is 9.47 Å². The van der Waals surface area contributed by atoms with Crippen molar-refractivity contribution in [2.24, 2.45) is 5.92 Å². The maximum Gasteiger partial charge on any atom is 0.222 e. The summed E-state index contributed by atoms with van der Waals surface area (Å²) in [4.78, 5) is 14.4. The van der Waals surface area contributed by atoms with Crippen LogP contribution in [0.4, 0.5) is 0 Å². The van der Waals surface area contributed by atoms with Crippen LogP contribution in [0.1, 0.15) is 59.6 Å². The van der Waals surface area contributed by atoms with Crippen molar-refractivity contribution in [1.82, 2.24) is 10.2 Å². The van der Waals surface area contributed by atoms with E-state index < -0.39 is 18.3 Å². The fourth-order valence-corrected chi connectivity index (χ4v) is 5.67. The van der Waals surface area contributed by atoms with Crippen LogP contribution in [0.25, 0.3) is 0 Å². The molecule has 2 unspecified atom stereocenters. The van der Waals surface area contributed by atoms with Crippen molar-refractivity contribution >= 4 is 17.7 Å². The van der Waals surface area contributed by atoms with E-state index >= 15 is 0 Å². The Morgan fingerprint density at radius 2 is 1.87 bits per heavy atom. The minimum absolute atomic E-state index is 0.0362. The molecule has 7 nitrogen and oxygen atoms in total. The van der Waals surface area contributed by atoms with Crippen molar-refractivity contribution in [3.05, 3.63) is 70.3 Å². The summed E-state index contributed by atoms with van der Waals surface area (Å²) in [6, 6.07) is 14.6. The first-order valence-corrected chi connectivity index (χ1v) is 15.4. The molecule has 1 heterocycles. The van der Waals surface area contributed by atoms with Crippen LogP contribution in [-0.2, 0) is 27.3 Å². The summed E-state index contributed by atoms with van der Waals surface area (Å²) in [5, 5.41) is 23.7. The number of amides is 1. The van der Waals surface area contributed by atoms with Gasteiger partial charge in [-0.05, 0) is 73.2 Å². The van der Waals surface area contributed by atoms with Gasteiger partial charge in [-0.1, -0.05) is 42.5 Å². The van der Waals surface area contributed by atoms with Gasteiger partial charge in [-0.3, -0.25) is 4.79 Å². The van der Waals surface area contributed by atoms with Crippen LogP contribution in [0.15, 0.2) is 42.5 Å². The lowest BCUT2D eigenvalue weighted by Crippen LogP contribution is -2.41. The van der Waals surface area contributed by atoms with Crippen molar-refractivity contribution in [2.45, 2.75) is 69.4 Å². The number of likely N-dealkylation sites (N-methyl/N-ethyl adjacent to an activating group) is 1. The number of carbonyl (C=O) groups is 1. The summed E-state index contributed by atoms with van der Waals surface area (Å²) in [6.07, 6.45) is 4.21. The van der Waals surface area contributed by atoms with Crippen molar-refractivity contribution < 1.29 is 24.5 Å². The standard InChI is InChI=1S/C31H44N2O5S/c1-21-4-11-25(30-27(34)18-28(35)31(38-30)39-3)17-26(21)16-22-5-9-24(10-6-22)20-37-15-12-29(36)32-13-14-33(2)19-23-7-8-23/h4-6,9-11,17,23,27-28,30-31,34-35H,7-8,12-16,18-20H2,1-3H3,(H,32,36)/t27?,28?,30-,31+/m0/s1. The zero-order chi connectivity index (χ0) is 27.8. The van der Waals surface area contributed by atoms with Gasteiger partial charge in [-0.2, -0.15) is 0 Å². The molecule has 0 spiro atoms. The number of nitrogens with one attached hydrogen (secondary N) is 1. The molecule has 0 bridgehead atoms. The first-order chi connectivity index (χ1) is 18.8. The lowest BCUT2D eigenvalue weighted by atomic mass is 9.92. The largest absolute Gasteiger partial charge is 0.390 e. The number of aliphatic hydroxyl groups is 2. The van der Waals surface area contributed by atoms with E-state index in [0.717, 1.165) is 36.6 Å². The minimum Gasteiger partial charge on any atom is -0.390 e. The van der Waals surface area contributed by atoms with Gasteiger partial charge in [0.05, 0.1) is 25.4 Å². The van der Waals surface area contributed by atoms with Gasteiger partial charge in [0.1, 0.15) is 11.5 Å². The van der Waals surface area contributed by atoms with Gasteiger partial charge in [0.2, 0.25) is 5.91 Å². The minimum atomic E-state index is -0.733. The van der Waals surface area contributed by atoms with Crippen LogP contribution in [0.2, 0.25) is 0 Å². The van der Waals surface area contributed by atoms with Gasteiger partial charge < -0.3 is 29.9 Å². The Bertz CT molecular complexity index is 1060. The number of benzene rings is 2. The molecule has 0 aromatic heterocycles. The smallest absolute Gasteiger partial charge is 0.222 e. The van der Waals surface area contributed by atoms with Gasteiger partial charge in [0, 0.05) is 32.5 Å². The van der Waals surface area contributed by atoms with Crippen molar-refractivity contribution in [2.75, 3.05) is 39.5 Å². The highest BCUT2D eigenvalue weighted by Crippen LogP contribution is 2.36. The van der Waals surface area contributed by atoms with Crippen LogP contribution in [0.3, 0.4) is 0 Å². The number of ether oxygens (including phenoxy) is 2. The molecule has 2 aromatic rings. The third-order valence-corrected chi connectivity index (χ3v) is 8.49. The van der Waals surface area contributed by atoms with Gasteiger partial charge in [0.15, 0.2) is 0 Å². The maximum atomic E-state index is 12.1. The third kappa shape index (κ3) is 9.30. The molecule has 2 aromatic carbocycles. The topological polar surface area (TPSA) is 91.3 Å². The summed E-state index contributed by atoms with van der Waals surface area (Å²) in [6.45, 7) is 5.68. The Hall–Kier alpha value is -1.94. The molecule has 4 rings (SSSR count). The predicted molar refractivity (Wildman–Crippen MR) is 156 cm³/mol. The Balaban J connectivity index is 1.20. The number of rotatable bonds is 14. The maximum absolute atomic E-state index is 12.1. The normalized spacial score (nSPS) is 23.2. The predicted octanol–water partition coefficient (Wildman–Crippen LogP) is 3.82. The molecular formula is C31H44N2O5S. The molecule has 2 fully saturated rings. The van der Waals surface area contributed by atoms with Crippen molar-refractivity contribution in [3.63, 3.8) is 0 Å². The molecule has 39 heavy (non-hydrogen) atoms. The van der Waals surface area contributed by atoms with Crippen LogP contribution in [0.5, 0.6) is 0 Å². The number of aryl methyl sites for hydroxylation is 1. The lowest BCUT2D eigenvalue weighted by Gasteiger charge is -2.37. The van der Waals surface area contributed by atoms with E-state index in [-0.39, 0.29) is 11.3 Å². The van der Waals surface area contributed by atoms with E-state index in [1.165, 1.54) is 41.3 Å². The zero-order valence-corrected chi connectivity index (χ0v) is 24.3. The number of thioether (sulfide) groups is 1. The fraction of sp³-hybridized carbons (Fsp3) is 0.581. The second kappa shape index (κ2) is 14.6. The van der Waals surface area contributed by atoms with Gasteiger partial charge in [-0.15, -0.1) is 11.8 Å². The number of carbonyl (C=O) groups excluding carboxylic acids is 1. The summed E-state index contributed by atoms with van der Waals surface area (Å²) >= 11 is 1.47. The molecule has 1 amide bonds. The SMILES string of the molecule is CS[C@H]1O[C@@H](c2ccc(C)c(Cc3ccc(COCCC(=O)NCCN(C)CC4CC4)cc3)c2)C(O)CC1O. The summed E-state index contributed by atoms with van der Waals surface area (Å²) in [5.74, 6) is 0.901. The second-order valence-corrected chi connectivity index (χ2v) is 12.0. The third-order valence-electron chi connectivity index (χ3n) is 7.60. The van der Waals surface area contributed by atoms with Gasteiger partial charge in [0.25, 0.3) is 0 Å². The summed E-state index contributed by atoms with van der Waals surface area (Å²) < 4.78 is 11.8. The van der Waals surface area contributed by atoms with Crippen molar-refractivity contribution in [3.8, 4) is 0 Å². The number of hydrogen-bond donors (Lipinski definition) is 3. The molecule has 8 heteroatoms. The van der Waals surface area contributed by atoms with Crippen LogP contribution in [0, 0.1) is 12.8 Å². The summed E-state index contributed by atoms with van der Waals surface area (Å²) in [7, 11) is 2.11. The highest BCUT2D eigenvalue weighted by molar-refractivity contribution is 7.99. The molecule has 1 aliphatic heterocycles. The van der Waals surface area contributed by atoms with Crippen LogP contribution in [-0.4, -0.2) is 78.2 Å². The summed E-state index contributed by atoms with van der Waals surface area (Å²) in [5.41, 5.74) is 5.23. The number of nitrogens with zero attached hydrogens (tertiary/aromatic N) is 1. The lowest BCUT2D eigenvalue weighted by molar-refractivity contribution is -0.139. The molecule has 0 radical (unpaired) electrons. The molecule has 4 atom stereocenters. The Labute approximate surface area is 237 Å². The zero-order valence-electron chi connectivity index (χ0n) is 23.5. The Morgan fingerprint density at radius 1 is 1.13 bits per heavy atom. The second-order valence-electron chi connectivity index (χ2n) is 11.1. The first-order valence-electron chi connectivity index (χ1n) is 14.1. The molecule has 1 saturated heterocycles. The fourth-order valence-electron chi connectivity index (χ4n) is 5.02. The van der Waals surface area contributed by atoms with E-state index in [9.17, 15) is 15.0 Å². The molecule has 214 valence electrons. The average Bonchev–Trinajstić information content (AvgIpc) is 3.73. The molecular weight excluding hydrogens is 512 g/mol. The Morgan fingerprint density at radius 3 is 2.59 bits per heavy atom. The molecule has 1 aliphatic carbocycles. The van der Waals surface area contributed by atoms with Gasteiger partial charge >= 0.3 is 0 Å². The van der Waals surface area contributed by atoms with E-state index in [1.54, 1.807) is 0 Å². The number of hydrogen-bond acceptors (Lipinski definition) is 7. The average molecular weight is 557 g/mol.